The summed E-state index contributed by atoms with van der Waals surface area (Å²) in [5, 5.41) is 5.01. The van der Waals surface area contributed by atoms with Gasteiger partial charge >= 0.3 is 0 Å². The minimum absolute atomic E-state index is 0.0830. The Hall–Kier alpha value is -2.32. The van der Waals surface area contributed by atoms with Crippen LogP contribution in [0.5, 0.6) is 0 Å². The molecule has 4 nitrogen and oxygen atoms in total. The van der Waals surface area contributed by atoms with Crippen LogP contribution in [0.3, 0.4) is 0 Å². The van der Waals surface area contributed by atoms with Gasteiger partial charge in [0.1, 0.15) is 14.2 Å². The van der Waals surface area contributed by atoms with Crippen molar-refractivity contribution in [1.82, 2.24) is 4.57 Å². The fourth-order valence-corrected chi connectivity index (χ4v) is 7.75. The monoisotopic (exact) mass is 526 g/mol. The van der Waals surface area contributed by atoms with Crippen molar-refractivity contribution in [3.05, 3.63) is 94.7 Å². The Balaban J connectivity index is 1.53. The first-order valence-corrected chi connectivity index (χ1v) is 14.0. The summed E-state index contributed by atoms with van der Waals surface area (Å²) in [6.07, 6.45) is 5.16. The van der Waals surface area contributed by atoms with Crippen molar-refractivity contribution in [1.29, 1.82) is 0 Å². The highest BCUT2D eigenvalue weighted by atomic mass is 35.5. The highest BCUT2D eigenvalue weighted by molar-refractivity contribution is 8.08. The van der Waals surface area contributed by atoms with Gasteiger partial charge in [0, 0.05) is 29.9 Å². The molecular formula is C26H25ClN3OS3+. The molecular weight excluding hydrogens is 502 g/mol. The molecule has 0 atom stereocenters. The standard InChI is InChI=1S/C26H25ClN3OS3/c1-4-30-23(16-22-29(12-13-32-22)11-10-18-6-5-7-19(27)15-18)34-24(25(30)31)26-28(3)20-9-8-17(2)14-21(20)33-26/h5-9,12-16H,4,10-11H2,1-3H3/q+1/b26-24+. The molecule has 0 unspecified atom stereocenters. The van der Waals surface area contributed by atoms with E-state index in [4.69, 9.17) is 11.6 Å². The third kappa shape index (κ3) is 4.50. The van der Waals surface area contributed by atoms with Gasteiger partial charge in [0.25, 0.3) is 10.6 Å². The van der Waals surface area contributed by atoms with E-state index in [1.165, 1.54) is 16.0 Å². The molecule has 0 bridgehead atoms. The van der Waals surface area contributed by atoms with Gasteiger partial charge in [-0.15, -0.1) is 11.3 Å². The largest absolute Gasteiger partial charge is 0.337 e. The maximum Gasteiger partial charge on any atom is 0.271 e. The van der Waals surface area contributed by atoms with Crippen LogP contribution in [-0.4, -0.2) is 11.6 Å². The maximum absolute atomic E-state index is 13.4. The van der Waals surface area contributed by atoms with Crippen LogP contribution in [0.15, 0.2) is 63.7 Å². The van der Waals surface area contributed by atoms with Crippen LogP contribution in [0.25, 0.3) is 11.1 Å². The maximum atomic E-state index is 13.4. The molecule has 3 heterocycles. The normalized spacial score (nSPS) is 15.3. The lowest BCUT2D eigenvalue weighted by molar-refractivity contribution is -0.693. The van der Waals surface area contributed by atoms with E-state index in [0.29, 0.717) is 6.54 Å². The molecule has 0 saturated heterocycles. The first kappa shape index (κ1) is 23.4. The highest BCUT2D eigenvalue weighted by Gasteiger charge is 2.25. The van der Waals surface area contributed by atoms with Crippen molar-refractivity contribution >= 4 is 62.8 Å². The number of hydrogen-bond acceptors (Lipinski definition) is 5. The Morgan fingerprint density at radius 2 is 2.03 bits per heavy atom. The molecule has 0 saturated carbocycles. The zero-order valence-corrected chi connectivity index (χ0v) is 22.5. The minimum Gasteiger partial charge on any atom is -0.337 e. The lowest BCUT2D eigenvalue weighted by Crippen LogP contribution is -2.36. The Kier molecular flexibility index (Phi) is 6.71. The van der Waals surface area contributed by atoms with Crippen LogP contribution in [0.2, 0.25) is 5.02 Å². The summed E-state index contributed by atoms with van der Waals surface area (Å²) in [4.78, 5) is 16.8. The van der Waals surface area contributed by atoms with Crippen LogP contribution in [0, 0.1) is 6.92 Å². The van der Waals surface area contributed by atoms with E-state index in [-0.39, 0.29) is 5.56 Å². The van der Waals surface area contributed by atoms with E-state index in [9.17, 15) is 4.79 Å². The van der Waals surface area contributed by atoms with Crippen LogP contribution < -0.4 is 24.2 Å². The highest BCUT2D eigenvalue weighted by Crippen LogP contribution is 2.45. The van der Waals surface area contributed by atoms with Crippen molar-refractivity contribution in [2.45, 2.75) is 38.3 Å². The van der Waals surface area contributed by atoms with E-state index < -0.39 is 0 Å². The number of anilines is 1. The molecule has 0 radical (unpaired) electrons. The second-order valence-electron chi connectivity index (χ2n) is 8.22. The summed E-state index contributed by atoms with van der Waals surface area (Å²) in [5.41, 5.74) is 3.68. The number of halogens is 1. The third-order valence-electron chi connectivity index (χ3n) is 5.90. The molecule has 8 heteroatoms. The molecule has 0 aliphatic carbocycles. The van der Waals surface area contributed by atoms with E-state index in [2.05, 4.69) is 58.3 Å². The zero-order chi connectivity index (χ0) is 23.8. The van der Waals surface area contributed by atoms with Crippen LogP contribution in [0.4, 0.5) is 5.69 Å². The predicted molar refractivity (Wildman–Crippen MR) is 146 cm³/mol. The summed E-state index contributed by atoms with van der Waals surface area (Å²) < 4.78 is 5.92. The summed E-state index contributed by atoms with van der Waals surface area (Å²) in [7, 11) is 2.05. The Labute approximate surface area is 216 Å². The SMILES string of the molecule is CCn1c(=O)/c(=C2\Sc3cc(C)ccc3N2C)s/c1=C\c1scc[n+]1CCc1cccc(Cl)c1. The van der Waals surface area contributed by atoms with Crippen molar-refractivity contribution in [3.8, 4) is 0 Å². The predicted octanol–water partition coefficient (Wildman–Crippen LogP) is 4.62. The molecule has 2 aromatic carbocycles. The van der Waals surface area contributed by atoms with Crippen LogP contribution >= 0.6 is 46.0 Å². The Bertz CT molecular complexity index is 1550. The van der Waals surface area contributed by atoms with Crippen molar-refractivity contribution < 1.29 is 4.57 Å². The number of aromatic nitrogens is 2. The summed E-state index contributed by atoms with van der Waals surface area (Å²) in [5.74, 6) is 0. The number of aryl methyl sites for hydroxylation is 3. The van der Waals surface area contributed by atoms with Gasteiger partial charge in [-0.1, -0.05) is 52.9 Å². The van der Waals surface area contributed by atoms with Gasteiger partial charge in [-0.2, -0.15) is 4.57 Å². The summed E-state index contributed by atoms with van der Waals surface area (Å²) in [6.45, 7) is 5.63. The van der Waals surface area contributed by atoms with Crippen molar-refractivity contribution in [2.75, 3.05) is 11.9 Å². The number of thiazole rings is 2. The fraction of sp³-hybridized carbons (Fsp3) is 0.231. The second-order valence-corrected chi connectivity index (χ2v) is 11.6. The summed E-state index contributed by atoms with van der Waals surface area (Å²) in [6, 6.07) is 14.5. The fourth-order valence-electron chi connectivity index (χ4n) is 4.09. The average Bonchev–Trinajstić information content (AvgIpc) is 3.48. The smallest absolute Gasteiger partial charge is 0.271 e. The zero-order valence-electron chi connectivity index (χ0n) is 19.2. The van der Waals surface area contributed by atoms with E-state index in [0.717, 1.165) is 42.9 Å². The van der Waals surface area contributed by atoms with E-state index >= 15 is 0 Å². The lowest BCUT2D eigenvalue weighted by atomic mass is 10.1. The Morgan fingerprint density at radius 1 is 1.18 bits per heavy atom. The van der Waals surface area contributed by atoms with Gasteiger partial charge in [0.05, 0.1) is 17.1 Å². The molecule has 0 spiro atoms. The lowest BCUT2D eigenvalue weighted by Gasteiger charge is -2.12. The number of rotatable bonds is 5. The van der Waals surface area contributed by atoms with Crippen molar-refractivity contribution in [2.24, 2.45) is 0 Å². The molecule has 4 aromatic rings. The van der Waals surface area contributed by atoms with Crippen LogP contribution in [-0.2, 0) is 19.5 Å². The topological polar surface area (TPSA) is 29.1 Å². The number of thioether (sulfide) groups is 1. The number of fused-ring (bicyclic) bond motifs is 1. The first-order chi connectivity index (χ1) is 16.4. The van der Waals surface area contributed by atoms with E-state index in [1.807, 2.05) is 36.7 Å². The van der Waals surface area contributed by atoms with E-state index in [1.54, 1.807) is 34.4 Å². The quantitative estimate of drug-likeness (QED) is 0.355. The Morgan fingerprint density at radius 3 is 2.82 bits per heavy atom. The molecule has 5 rings (SSSR count). The number of hydrogen-bond donors (Lipinski definition) is 0. The number of benzene rings is 2. The third-order valence-corrected chi connectivity index (χ3v) is 9.45. The molecule has 1 aliphatic rings. The molecule has 1 aliphatic heterocycles. The number of nitrogens with zero attached hydrogens (tertiary/aromatic N) is 3. The molecule has 34 heavy (non-hydrogen) atoms. The first-order valence-electron chi connectivity index (χ1n) is 11.1. The average molecular weight is 527 g/mol. The molecule has 0 fully saturated rings. The van der Waals surface area contributed by atoms with Gasteiger partial charge in [-0.25, -0.2) is 0 Å². The van der Waals surface area contributed by atoms with Crippen molar-refractivity contribution in [3.63, 3.8) is 0 Å². The van der Waals surface area contributed by atoms with Gasteiger partial charge in [0.2, 0.25) is 0 Å². The van der Waals surface area contributed by atoms with Gasteiger partial charge in [-0.3, -0.25) is 9.36 Å². The molecule has 0 N–H and O–H groups in total. The van der Waals surface area contributed by atoms with Crippen LogP contribution in [0.1, 0.15) is 23.1 Å². The van der Waals surface area contributed by atoms with Gasteiger partial charge in [-0.05, 0) is 49.2 Å². The van der Waals surface area contributed by atoms with Gasteiger partial charge in [0.15, 0.2) is 12.7 Å². The van der Waals surface area contributed by atoms with Gasteiger partial charge < -0.3 is 4.90 Å². The second kappa shape index (κ2) is 9.74. The molecule has 0 amide bonds. The minimum atomic E-state index is 0.0830. The summed E-state index contributed by atoms with van der Waals surface area (Å²) >= 11 is 11.1. The molecule has 2 aromatic heterocycles. The molecule has 174 valence electrons.